The normalized spacial score (nSPS) is 14.0. The Balaban J connectivity index is 1.42. The molecule has 0 saturated heterocycles. The summed E-state index contributed by atoms with van der Waals surface area (Å²) in [5.74, 6) is -1.00. The Morgan fingerprint density at radius 1 is 1.06 bits per heavy atom. The molecule has 35 heavy (non-hydrogen) atoms. The van der Waals surface area contributed by atoms with Crippen molar-refractivity contribution in [1.82, 2.24) is 9.97 Å². The second-order valence-corrected chi connectivity index (χ2v) is 13.9. The number of fused-ring (bicyclic) bond motifs is 2. The van der Waals surface area contributed by atoms with E-state index < -0.39 is 11.8 Å². The number of amides is 3. The highest BCUT2D eigenvalue weighted by Crippen LogP contribution is 2.46. The van der Waals surface area contributed by atoms with Crippen LogP contribution in [0.4, 0.5) is 10.8 Å². The van der Waals surface area contributed by atoms with E-state index in [9.17, 15) is 14.4 Å². The monoisotopic (exact) mass is 778 g/mol. The van der Waals surface area contributed by atoms with Crippen molar-refractivity contribution in [3.05, 3.63) is 58.8 Å². The summed E-state index contributed by atoms with van der Waals surface area (Å²) in [6.07, 6.45) is 1.63. The minimum absolute atomic E-state index is 0.163. The molecule has 3 amide bonds. The molecule has 0 saturated carbocycles. The molecule has 0 spiro atoms. The van der Waals surface area contributed by atoms with Gasteiger partial charge >= 0.3 is 0 Å². The summed E-state index contributed by atoms with van der Waals surface area (Å²) in [5.41, 5.74) is 1.75. The van der Waals surface area contributed by atoms with Crippen LogP contribution in [-0.2, 0) is 4.79 Å². The Morgan fingerprint density at radius 2 is 1.71 bits per heavy atom. The summed E-state index contributed by atoms with van der Waals surface area (Å²) in [6, 6.07) is 5.23. The maximum Gasteiger partial charge on any atom is 0.267 e. The smallest absolute Gasteiger partial charge is 0.267 e. The number of hydrogen-bond acceptors (Lipinski definition) is 8. The number of carbonyl (C=O) groups excluding carboxylic acids is 3. The predicted octanol–water partition coefficient (Wildman–Crippen LogP) is 7.72. The van der Waals surface area contributed by atoms with Gasteiger partial charge in [-0.3, -0.25) is 14.4 Å². The summed E-state index contributed by atoms with van der Waals surface area (Å²) in [5, 5.41) is 4.74. The zero-order valence-corrected chi connectivity index (χ0v) is 26.1. The molecule has 7 nitrogen and oxygen atoms in total. The van der Waals surface area contributed by atoms with Crippen LogP contribution in [0.25, 0.3) is 10.2 Å². The molecule has 1 N–H and O–H groups in total. The van der Waals surface area contributed by atoms with Crippen LogP contribution < -0.4 is 10.2 Å². The minimum atomic E-state index is -0.420. The molecule has 2 aromatic carbocycles. The lowest BCUT2D eigenvalue weighted by Crippen LogP contribution is -2.29. The summed E-state index contributed by atoms with van der Waals surface area (Å²) in [7, 11) is 0. The van der Waals surface area contributed by atoms with Gasteiger partial charge in [-0.1, -0.05) is 11.8 Å². The number of hydrogen-bond donors (Lipinski definition) is 1. The lowest BCUT2D eigenvalue weighted by Gasteiger charge is -2.13. The Morgan fingerprint density at radius 3 is 2.31 bits per heavy atom. The van der Waals surface area contributed by atoms with Crippen molar-refractivity contribution >= 4 is 137 Å². The fourth-order valence-corrected chi connectivity index (χ4v) is 8.60. The second kappa shape index (κ2) is 9.95. The van der Waals surface area contributed by atoms with E-state index in [1.54, 1.807) is 36.7 Å². The molecule has 14 heteroatoms. The Kier molecular flexibility index (Phi) is 7.25. The van der Waals surface area contributed by atoms with Crippen molar-refractivity contribution in [1.29, 1.82) is 0 Å². The van der Waals surface area contributed by atoms with Crippen LogP contribution in [0, 0.1) is 0 Å². The van der Waals surface area contributed by atoms with Gasteiger partial charge < -0.3 is 5.32 Å². The molecule has 0 fully saturated rings. The Labute approximate surface area is 244 Å². The summed E-state index contributed by atoms with van der Waals surface area (Å²) < 4.78 is 3.80. The highest BCUT2D eigenvalue weighted by Gasteiger charge is 2.42. The number of rotatable bonds is 5. The van der Waals surface area contributed by atoms with Crippen LogP contribution in [-0.4, -0.2) is 32.9 Å². The zero-order chi connectivity index (χ0) is 25.0. The van der Waals surface area contributed by atoms with Crippen LogP contribution in [0.5, 0.6) is 0 Å². The molecule has 0 unspecified atom stereocenters. The number of halogens is 4. The number of thiazole rings is 2. The highest BCUT2D eigenvalue weighted by molar-refractivity contribution is 9.15. The molecule has 1 aliphatic heterocycles. The van der Waals surface area contributed by atoms with Gasteiger partial charge in [-0.15, -0.1) is 22.7 Å². The van der Waals surface area contributed by atoms with Gasteiger partial charge in [0, 0.05) is 29.5 Å². The van der Waals surface area contributed by atoms with Crippen LogP contribution in [0.15, 0.2) is 52.0 Å². The summed E-state index contributed by atoms with van der Waals surface area (Å²) >= 11 is 17.8. The molecule has 0 bridgehead atoms. The molecule has 1 atom stereocenters. The third-order valence-electron chi connectivity index (χ3n) is 5.02. The molecule has 3 heterocycles. The van der Waals surface area contributed by atoms with Crippen LogP contribution in [0.3, 0.4) is 0 Å². The molecule has 4 aromatic rings. The molecule has 1 aliphatic rings. The van der Waals surface area contributed by atoms with Gasteiger partial charge in [0.05, 0.1) is 32.3 Å². The van der Waals surface area contributed by atoms with Crippen molar-refractivity contribution in [3.63, 3.8) is 0 Å². The zero-order valence-electron chi connectivity index (χ0n) is 17.3. The van der Waals surface area contributed by atoms with Crippen LogP contribution in [0.2, 0.25) is 0 Å². The number of imide groups is 1. The summed E-state index contributed by atoms with van der Waals surface area (Å²) in [6.45, 7) is 1.80. The molecular formula is C21H10Br4N4O3S3. The Bertz CT molecular complexity index is 1490. The van der Waals surface area contributed by atoms with Crippen molar-refractivity contribution in [2.24, 2.45) is 0 Å². The van der Waals surface area contributed by atoms with E-state index in [1.807, 2.05) is 0 Å². The SMILES string of the molecule is C[C@H](Sc1nc2ccc(N3C(=O)c4c(Br)c(Br)c(Br)c(Br)c4C3=O)cc2s1)C(=O)Nc1nccs1. The molecule has 0 radical (unpaired) electrons. The summed E-state index contributed by atoms with van der Waals surface area (Å²) in [4.78, 5) is 48.9. The average molecular weight is 782 g/mol. The van der Waals surface area contributed by atoms with Gasteiger partial charge in [0.2, 0.25) is 5.91 Å². The first-order valence-corrected chi connectivity index (χ1v) is 15.4. The van der Waals surface area contributed by atoms with E-state index >= 15 is 0 Å². The van der Waals surface area contributed by atoms with E-state index in [0.29, 0.717) is 33.0 Å². The number of thioether (sulfide) groups is 1. The quantitative estimate of drug-likeness (QED) is 0.0966. The van der Waals surface area contributed by atoms with E-state index in [2.05, 4.69) is 79.0 Å². The Hall–Kier alpha value is -1.16. The number of carbonyl (C=O) groups is 3. The van der Waals surface area contributed by atoms with Crippen molar-refractivity contribution in [3.8, 4) is 0 Å². The maximum atomic E-state index is 13.3. The number of nitrogens with one attached hydrogen (secondary N) is 1. The third-order valence-corrected chi connectivity index (χ3v) is 12.7. The fraction of sp³-hybridized carbons (Fsp3) is 0.0952. The average Bonchev–Trinajstić information content (AvgIpc) is 3.53. The lowest BCUT2D eigenvalue weighted by atomic mass is 10.1. The first-order valence-electron chi connectivity index (χ1n) is 9.69. The van der Waals surface area contributed by atoms with Gasteiger partial charge in [0.1, 0.15) is 0 Å². The predicted molar refractivity (Wildman–Crippen MR) is 154 cm³/mol. The maximum absolute atomic E-state index is 13.3. The van der Waals surface area contributed by atoms with E-state index in [4.69, 9.17) is 0 Å². The van der Waals surface area contributed by atoms with Gasteiger partial charge in [-0.05, 0) is 88.8 Å². The molecule has 0 aliphatic carbocycles. The van der Waals surface area contributed by atoms with Crippen molar-refractivity contribution in [2.45, 2.75) is 16.5 Å². The van der Waals surface area contributed by atoms with Crippen molar-refractivity contribution in [2.75, 3.05) is 10.2 Å². The van der Waals surface area contributed by atoms with E-state index in [1.165, 1.54) is 34.4 Å². The third kappa shape index (κ3) is 4.55. The van der Waals surface area contributed by atoms with Gasteiger partial charge in [-0.2, -0.15) is 0 Å². The molecule has 5 rings (SSSR count). The molecular weight excluding hydrogens is 772 g/mol. The topological polar surface area (TPSA) is 92.3 Å². The minimum Gasteiger partial charge on any atom is -0.301 e. The number of aromatic nitrogens is 2. The number of anilines is 2. The number of benzene rings is 2. The van der Waals surface area contributed by atoms with E-state index in [0.717, 1.165) is 15.1 Å². The van der Waals surface area contributed by atoms with Gasteiger partial charge in [-0.25, -0.2) is 14.9 Å². The lowest BCUT2D eigenvalue weighted by molar-refractivity contribution is -0.115. The molecule has 2 aromatic heterocycles. The van der Waals surface area contributed by atoms with E-state index in [-0.39, 0.29) is 22.3 Å². The van der Waals surface area contributed by atoms with Gasteiger partial charge in [0.25, 0.3) is 11.8 Å². The first kappa shape index (κ1) is 25.5. The van der Waals surface area contributed by atoms with Gasteiger partial charge in [0.15, 0.2) is 9.47 Å². The number of nitrogens with zero attached hydrogens (tertiary/aromatic N) is 3. The molecule has 178 valence electrons. The second-order valence-electron chi connectivity index (χ2n) is 7.17. The first-order chi connectivity index (χ1) is 16.7. The largest absolute Gasteiger partial charge is 0.301 e. The standard InChI is InChI=1S/C21H10Br4N4O3S3/c1-7(17(30)28-20-26-4-5-33-20)34-21-27-9-3-2-8(6-10(9)35-21)29-18(31)11-12(19(29)32)14(23)16(25)15(24)13(11)22/h2-7H,1H3,(H,26,28,30)/t7-/m0/s1. The van der Waals surface area contributed by atoms with Crippen LogP contribution in [0.1, 0.15) is 27.6 Å². The highest BCUT2D eigenvalue weighted by atomic mass is 79.9. The van der Waals surface area contributed by atoms with Crippen molar-refractivity contribution < 1.29 is 14.4 Å². The fourth-order valence-electron chi connectivity index (χ4n) is 3.36. The van der Waals surface area contributed by atoms with Crippen LogP contribution >= 0.6 is 98.2 Å².